The van der Waals surface area contributed by atoms with Crippen molar-refractivity contribution in [2.45, 2.75) is 26.2 Å². The van der Waals surface area contributed by atoms with Crippen molar-refractivity contribution in [1.82, 2.24) is 5.32 Å². The number of hydrogen-bond acceptors (Lipinski definition) is 3. The van der Waals surface area contributed by atoms with Crippen molar-refractivity contribution >= 4 is 44.8 Å². The van der Waals surface area contributed by atoms with Crippen LogP contribution < -0.4 is 10.6 Å². The average Bonchev–Trinajstić information content (AvgIpc) is 3.01. The van der Waals surface area contributed by atoms with E-state index < -0.39 is 0 Å². The van der Waals surface area contributed by atoms with Crippen molar-refractivity contribution in [2.24, 2.45) is 0 Å². The molecule has 23 heavy (non-hydrogen) atoms. The second-order valence-corrected chi connectivity index (χ2v) is 7.16. The minimum atomic E-state index is -0.220. The Morgan fingerprint density at radius 3 is 2.74 bits per heavy atom. The molecule has 0 radical (unpaired) electrons. The van der Waals surface area contributed by atoms with Crippen molar-refractivity contribution in [2.75, 3.05) is 11.9 Å². The first-order chi connectivity index (χ1) is 11.0. The van der Waals surface area contributed by atoms with Crippen molar-refractivity contribution in [3.63, 3.8) is 0 Å². The van der Waals surface area contributed by atoms with Gasteiger partial charge in [-0.3, -0.25) is 9.59 Å². The Labute approximate surface area is 148 Å². The molecule has 122 valence electrons. The van der Waals surface area contributed by atoms with Gasteiger partial charge in [-0.1, -0.05) is 22.0 Å². The first-order valence-corrected chi connectivity index (χ1v) is 9.07. The van der Waals surface area contributed by atoms with Gasteiger partial charge in [-0.2, -0.15) is 0 Å². The van der Waals surface area contributed by atoms with Gasteiger partial charge in [-0.15, -0.1) is 11.3 Å². The van der Waals surface area contributed by atoms with Crippen LogP contribution in [0.15, 0.2) is 40.2 Å². The monoisotopic (exact) mass is 394 g/mol. The van der Waals surface area contributed by atoms with E-state index >= 15 is 0 Å². The molecule has 0 aliphatic rings. The molecule has 0 aliphatic heterocycles. The van der Waals surface area contributed by atoms with E-state index in [2.05, 4.69) is 32.6 Å². The molecule has 1 aromatic carbocycles. The van der Waals surface area contributed by atoms with Crippen LogP contribution in [0.1, 0.15) is 23.3 Å². The molecular weight excluding hydrogens is 376 g/mol. The van der Waals surface area contributed by atoms with Gasteiger partial charge >= 0.3 is 0 Å². The third kappa shape index (κ3) is 6.15. The SMILES string of the molecule is Cc1cc(Br)ccc1NC(=O)CNC(=O)CCCc1cccs1. The number of carbonyl (C=O) groups is 2. The number of carbonyl (C=O) groups excluding carboxylic acids is 2. The van der Waals surface area contributed by atoms with Crippen LogP contribution in [0.25, 0.3) is 0 Å². The Morgan fingerprint density at radius 1 is 1.22 bits per heavy atom. The predicted octanol–water partition coefficient (Wildman–Crippen LogP) is 3.90. The zero-order valence-corrected chi connectivity index (χ0v) is 15.3. The maximum atomic E-state index is 11.9. The van der Waals surface area contributed by atoms with E-state index in [0.29, 0.717) is 6.42 Å². The van der Waals surface area contributed by atoms with Gasteiger partial charge in [0.25, 0.3) is 0 Å². The molecule has 2 rings (SSSR count). The molecule has 0 saturated heterocycles. The first-order valence-electron chi connectivity index (χ1n) is 7.39. The molecule has 0 atom stereocenters. The molecule has 6 heteroatoms. The number of hydrogen-bond donors (Lipinski definition) is 2. The van der Waals surface area contributed by atoms with Gasteiger partial charge in [0.2, 0.25) is 11.8 Å². The second-order valence-electron chi connectivity index (χ2n) is 5.22. The highest BCUT2D eigenvalue weighted by atomic mass is 79.9. The van der Waals surface area contributed by atoms with Crippen molar-refractivity contribution in [3.05, 3.63) is 50.6 Å². The fourth-order valence-electron chi connectivity index (χ4n) is 2.11. The quantitative estimate of drug-likeness (QED) is 0.747. The van der Waals surface area contributed by atoms with Crippen LogP contribution >= 0.6 is 27.3 Å². The van der Waals surface area contributed by atoms with Crippen molar-refractivity contribution in [1.29, 1.82) is 0 Å². The van der Waals surface area contributed by atoms with Crippen LogP contribution in [-0.2, 0) is 16.0 Å². The first kappa shape index (κ1) is 17.7. The average molecular weight is 395 g/mol. The predicted molar refractivity (Wildman–Crippen MR) is 97.8 cm³/mol. The number of nitrogens with one attached hydrogen (secondary N) is 2. The summed E-state index contributed by atoms with van der Waals surface area (Å²) in [7, 11) is 0. The maximum Gasteiger partial charge on any atom is 0.243 e. The van der Waals surface area contributed by atoms with Gasteiger partial charge in [0.1, 0.15) is 0 Å². The van der Waals surface area contributed by atoms with Gasteiger partial charge in [0.05, 0.1) is 6.54 Å². The van der Waals surface area contributed by atoms with Crippen molar-refractivity contribution in [3.8, 4) is 0 Å². The van der Waals surface area contributed by atoms with Gasteiger partial charge in [-0.05, 0) is 55.0 Å². The molecule has 2 amide bonds. The fourth-order valence-corrected chi connectivity index (χ4v) is 3.33. The lowest BCUT2D eigenvalue weighted by Crippen LogP contribution is -2.32. The summed E-state index contributed by atoms with van der Waals surface area (Å²) < 4.78 is 0.965. The molecule has 0 spiro atoms. The minimum absolute atomic E-state index is 0.00661. The Morgan fingerprint density at radius 2 is 2.04 bits per heavy atom. The number of rotatable bonds is 7. The van der Waals surface area contributed by atoms with Gasteiger partial charge in [0.15, 0.2) is 0 Å². The molecule has 0 saturated carbocycles. The van der Waals surface area contributed by atoms with Crippen LogP contribution in [0.4, 0.5) is 5.69 Å². The van der Waals surface area contributed by atoms with Crippen LogP contribution in [0, 0.1) is 6.92 Å². The number of benzene rings is 1. The van der Waals surface area contributed by atoms with Gasteiger partial charge in [-0.25, -0.2) is 0 Å². The molecule has 1 heterocycles. The van der Waals surface area contributed by atoms with Gasteiger partial charge in [0, 0.05) is 21.5 Å². The highest BCUT2D eigenvalue weighted by Crippen LogP contribution is 2.19. The molecule has 1 aromatic heterocycles. The van der Waals surface area contributed by atoms with E-state index in [9.17, 15) is 9.59 Å². The normalized spacial score (nSPS) is 10.3. The minimum Gasteiger partial charge on any atom is -0.347 e. The topological polar surface area (TPSA) is 58.2 Å². The Bertz CT molecular complexity index is 671. The summed E-state index contributed by atoms with van der Waals surface area (Å²) in [6.07, 6.45) is 2.12. The third-order valence-corrected chi connectivity index (χ3v) is 4.75. The zero-order valence-electron chi connectivity index (χ0n) is 12.9. The highest BCUT2D eigenvalue weighted by molar-refractivity contribution is 9.10. The molecule has 0 unspecified atom stereocenters. The number of anilines is 1. The van der Waals surface area contributed by atoms with Gasteiger partial charge < -0.3 is 10.6 Å². The lowest BCUT2D eigenvalue weighted by atomic mass is 10.2. The standard InChI is InChI=1S/C17H19BrN2O2S/c1-12-10-13(18)7-8-15(12)20-17(22)11-19-16(21)6-2-4-14-5-3-9-23-14/h3,5,7-10H,2,4,6,11H2,1H3,(H,19,21)(H,20,22). The number of thiophene rings is 1. The van der Waals surface area contributed by atoms with Crippen molar-refractivity contribution < 1.29 is 9.59 Å². The van der Waals surface area contributed by atoms with E-state index in [4.69, 9.17) is 0 Å². The van der Waals surface area contributed by atoms with E-state index in [-0.39, 0.29) is 18.4 Å². The number of amides is 2. The van der Waals surface area contributed by atoms with Crippen LogP contribution in [0.2, 0.25) is 0 Å². The van der Waals surface area contributed by atoms with E-state index in [1.807, 2.05) is 36.6 Å². The van der Waals surface area contributed by atoms with Crippen LogP contribution in [0.3, 0.4) is 0 Å². The zero-order chi connectivity index (χ0) is 16.7. The van der Waals surface area contributed by atoms with Crippen LogP contribution in [0.5, 0.6) is 0 Å². The van der Waals surface area contributed by atoms with E-state index in [0.717, 1.165) is 28.6 Å². The Balaban J connectivity index is 1.68. The molecule has 4 nitrogen and oxygen atoms in total. The smallest absolute Gasteiger partial charge is 0.243 e. The molecule has 0 aliphatic carbocycles. The summed E-state index contributed by atoms with van der Waals surface area (Å²) in [6, 6.07) is 9.70. The molecule has 0 bridgehead atoms. The summed E-state index contributed by atoms with van der Waals surface area (Å²) in [5.41, 5.74) is 1.72. The molecule has 2 N–H and O–H groups in total. The summed E-state index contributed by atoms with van der Waals surface area (Å²) in [5, 5.41) is 7.49. The largest absolute Gasteiger partial charge is 0.347 e. The molecule has 2 aromatic rings. The van der Waals surface area contributed by atoms with E-state index in [1.165, 1.54) is 4.88 Å². The lowest BCUT2D eigenvalue weighted by molar-refractivity contribution is -0.124. The Hall–Kier alpha value is -1.66. The number of aryl methyl sites for hydroxylation is 2. The maximum absolute atomic E-state index is 11.9. The summed E-state index contributed by atoms with van der Waals surface area (Å²) in [6.45, 7) is 1.91. The summed E-state index contributed by atoms with van der Waals surface area (Å²) >= 11 is 5.08. The van der Waals surface area contributed by atoms with E-state index in [1.54, 1.807) is 11.3 Å². The molecular formula is C17H19BrN2O2S. The summed E-state index contributed by atoms with van der Waals surface area (Å²) in [5.74, 6) is -0.314. The lowest BCUT2D eigenvalue weighted by Gasteiger charge is -2.09. The summed E-state index contributed by atoms with van der Waals surface area (Å²) in [4.78, 5) is 24.9. The fraction of sp³-hybridized carbons (Fsp3) is 0.294. The Kier molecular flexibility index (Phi) is 6.80. The third-order valence-electron chi connectivity index (χ3n) is 3.32. The molecule has 0 fully saturated rings. The highest BCUT2D eigenvalue weighted by Gasteiger charge is 2.08. The number of halogens is 1. The van der Waals surface area contributed by atoms with Crippen LogP contribution in [-0.4, -0.2) is 18.4 Å². The second kappa shape index (κ2) is 8.84.